The minimum absolute atomic E-state index is 0.237. The zero-order chi connectivity index (χ0) is 15.0. The number of furan rings is 1. The minimum atomic E-state index is 0.237. The zero-order valence-corrected chi connectivity index (χ0v) is 13.8. The van der Waals surface area contributed by atoms with Crippen LogP contribution in [0, 0.1) is 13.8 Å². The van der Waals surface area contributed by atoms with Gasteiger partial charge in [0, 0.05) is 28.4 Å². The molecule has 0 aliphatic carbocycles. The van der Waals surface area contributed by atoms with E-state index in [-0.39, 0.29) is 6.04 Å². The number of benzene rings is 1. The van der Waals surface area contributed by atoms with Gasteiger partial charge in [0.1, 0.15) is 5.58 Å². The maximum Gasteiger partial charge on any atom is 0.199 e. The lowest BCUT2D eigenvalue weighted by Crippen LogP contribution is -2.17. The normalized spacial score (nSPS) is 13.0. The van der Waals surface area contributed by atoms with Crippen LogP contribution in [0.25, 0.3) is 11.0 Å². The molecule has 110 valence electrons. The molecule has 5 heteroatoms. The number of halogens is 1. The standard InChI is InChI=1S/C16H17ClN2OS/c1-9(15-10(2)19-11(3)21-15)18-8-13-12-6-4-5-7-14(12)20-16(13)17/h4-7,9,18H,8H2,1-3H3. The fourth-order valence-corrected chi connectivity index (χ4v) is 3.74. The molecule has 0 aliphatic rings. The van der Waals surface area contributed by atoms with Gasteiger partial charge in [0.25, 0.3) is 0 Å². The van der Waals surface area contributed by atoms with E-state index in [9.17, 15) is 0 Å². The monoisotopic (exact) mass is 320 g/mol. The van der Waals surface area contributed by atoms with Gasteiger partial charge in [0.05, 0.1) is 10.7 Å². The van der Waals surface area contributed by atoms with Crippen LogP contribution in [0.4, 0.5) is 0 Å². The Labute approximate surface area is 133 Å². The van der Waals surface area contributed by atoms with Gasteiger partial charge in [-0.05, 0) is 38.4 Å². The van der Waals surface area contributed by atoms with Crippen LogP contribution in [0.2, 0.25) is 5.22 Å². The highest BCUT2D eigenvalue weighted by atomic mass is 35.5. The average molecular weight is 321 g/mol. The molecular weight excluding hydrogens is 304 g/mol. The molecular formula is C16H17ClN2OS. The van der Waals surface area contributed by atoms with Gasteiger partial charge < -0.3 is 9.73 Å². The van der Waals surface area contributed by atoms with Gasteiger partial charge in [-0.3, -0.25) is 0 Å². The Morgan fingerprint density at radius 2 is 2.10 bits per heavy atom. The van der Waals surface area contributed by atoms with Gasteiger partial charge in [0.15, 0.2) is 5.22 Å². The number of nitrogens with one attached hydrogen (secondary N) is 1. The van der Waals surface area contributed by atoms with Crippen LogP contribution in [-0.2, 0) is 6.54 Å². The fourth-order valence-electron chi connectivity index (χ4n) is 2.53. The highest BCUT2D eigenvalue weighted by Gasteiger charge is 2.16. The van der Waals surface area contributed by atoms with Crippen molar-refractivity contribution in [3.63, 3.8) is 0 Å². The van der Waals surface area contributed by atoms with Gasteiger partial charge >= 0.3 is 0 Å². The van der Waals surface area contributed by atoms with Gasteiger partial charge in [-0.15, -0.1) is 11.3 Å². The second kappa shape index (κ2) is 5.79. The zero-order valence-electron chi connectivity index (χ0n) is 12.2. The van der Waals surface area contributed by atoms with Crippen LogP contribution in [0.1, 0.15) is 34.1 Å². The molecule has 1 unspecified atom stereocenters. The molecule has 0 aliphatic heterocycles. The van der Waals surface area contributed by atoms with Crippen molar-refractivity contribution in [1.29, 1.82) is 0 Å². The van der Waals surface area contributed by atoms with E-state index in [1.165, 1.54) is 4.88 Å². The molecule has 0 amide bonds. The number of rotatable bonds is 4. The van der Waals surface area contributed by atoms with Crippen molar-refractivity contribution in [2.75, 3.05) is 0 Å². The molecule has 0 fully saturated rings. The molecule has 0 spiro atoms. The summed E-state index contributed by atoms with van der Waals surface area (Å²) in [5, 5.41) is 6.15. The van der Waals surface area contributed by atoms with Crippen LogP contribution >= 0.6 is 22.9 Å². The number of aryl methyl sites for hydroxylation is 2. The fraction of sp³-hybridized carbons (Fsp3) is 0.312. The molecule has 1 atom stereocenters. The molecule has 0 saturated carbocycles. The van der Waals surface area contributed by atoms with Gasteiger partial charge in [-0.1, -0.05) is 18.2 Å². The molecule has 3 rings (SSSR count). The van der Waals surface area contributed by atoms with E-state index in [1.54, 1.807) is 11.3 Å². The van der Waals surface area contributed by atoms with Gasteiger partial charge in [0.2, 0.25) is 0 Å². The molecule has 21 heavy (non-hydrogen) atoms. The molecule has 1 aromatic carbocycles. The summed E-state index contributed by atoms with van der Waals surface area (Å²) in [6, 6.07) is 8.16. The van der Waals surface area contributed by atoms with Crippen molar-refractivity contribution in [2.45, 2.75) is 33.4 Å². The Morgan fingerprint density at radius 1 is 1.33 bits per heavy atom. The quantitative estimate of drug-likeness (QED) is 0.734. The van der Waals surface area contributed by atoms with E-state index in [0.29, 0.717) is 11.8 Å². The molecule has 0 saturated heterocycles. The third kappa shape index (κ3) is 2.84. The van der Waals surface area contributed by atoms with Crippen molar-refractivity contribution in [3.8, 4) is 0 Å². The molecule has 0 radical (unpaired) electrons. The van der Waals surface area contributed by atoms with Crippen molar-refractivity contribution in [1.82, 2.24) is 10.3 Å². The van der Waals surface area contributed by atoms with Crippen LogP contribution in [0.3, 0.4) is 0 Å². The second-order valence-corrected chi connectivity index (χ2v) is 6.71. The summed E-state index contributed by atoms with van der Waals surface area (Å²) in [6.45, 7) is 6.91. The summed E-state index contributed by atoms with van der Waals surface area (Å²) < 4.78 is 5.58. The van der Waals surface area contributed by atoms with Gasteiger partial charge in [-0.2, -0.15) is 0 Å². The van der Waals surface area contributed by atoms with E-state index in [1.807, 2.05) is 31.2 Å². The summed E-state index contributed by atoms with van der Waals surface area (Å²) in [4.78, 5) is 5.75. The van der Waals surface area contributed by atoms with Crippen molar-refractivity contribution in [2.24, 2.45) is 0 Å². The first kappa shape index (κ1) is 14.6. The molecule has 2 aromatic heterocycles. The second-order valence-electron chi connectivity index (χ2n) is 5.14. The lowest BCUT2D eigenvalue weighted by molar-refractivity contribution is 0.566. The van der Waals surface area contributed by atoms with E-state index in [2.05, 4.69) is 24.1 Å². The number of thiazole rings is 1. The van der Waals surface area contributed by atoms with Crippen molar-refractivity contribution >= 4 is 33.9 Å². The SMILES string of the molecule is Cc1nc(C)c(C(C)NCc2c(Cl)oc3ccccc23)s1. The van der Waals surface area contributed by atoms with Crippen LogP contribution in [0.15, 0.2) is 28.7 Å². The lowest BCUT2D eigenvalue weighted by Gasteiger charge is -2.12. The molecule has 2 heterocycles. The Kier molecular flexibility index (Phi) is 4.02. The van der Waals surface area contributed by atoms with Crippen LogP contribution in [-0.4, -0.2) is 4.98 Å². The number of nitrogens with zero attached hydrogens (tertiary/aromatic N) is 1. The van der Waals surface area contributed by atoms with Gasteiger partial charge in [-0.25, -0.2) is 4.98 Å². The molecule has 3 nitrogen and oxygen atoms in total. The van der Waals surface area contributed by atoms with Crippen molar-refractivity contribution in [3.05, 3.63) is 50.6 Å². The Morgan fingerprint density at radius 3 is 2.81 bits per heavy atom. The minimum Gasteiger partial charge on any atom is -0.444 e. The summed E-state index contributed by atoms with van der Waals surface area (Å²) in [5.74, 6) is 0. The highest BCUT2D eigenvalue weighted by Crippen LogP contribution is 2.30. The Hall–Kier alpha value is -1.36. The molecule has 3 aromatic rings. The van der Waals surface area contributed by atoms with E-state index >= 15 is 0 Å². The predicted octanol–water partition coefficient (Wildman–Crippen LogP) is 5.01. The number of aromatic nitrogens is 1. The Bertz CT molecular complexity index is 778. The summed E-state index contributed by atoms with van der Waals surface area (Å²) in [5.41, 5.74) is 2.94. The van der Waals surface area contributed by atoms with E-state index < -0.39 is 0 Å². The summed E-state index contributed by atoms with van der Waals surface area (Å²) >= 11 is 7.95. The first-order valence-corrected chi connectivity index (χ1v) is 8.09. The molecule has 1 N–H and O–H groups in total. The number of fused-ring (bicyclic) bond motifs is 1. The topological polar surface area (TPSA) is 38.1 Å². The smallest absolute Gasteiger partial charge is 0.199 e. The Balaban J connectivity index is 1.80. The van der Waals surface area contributed by atoms with E-state index in [0.717, 1.165) is 27.2 Å². The third-order valence-corrected chi connectivity index (χ3v) is 5.13. The maximum atomic E-state index is 6.22. The van der Waals surface area contributed by atoms with Crippen LogP contribution in [0.5, 0.6) is 0 Å². The maximum absolute atomic E-state index is 6.22. The average Bonchev–Trinajstić information content (AvgIpc) is 2.95. The predicted molar refractivity (Wildman–Crippen MR) is 88.1 cm³/mol. The van der Waals surface area contributed by atoms with Crippen molar-refractivity contribution < 1.29 is 4.42 Å². The largest absolute Gasteiger partial charge is 0.444 e. The van der Waals surface area contributed by atoms with Crippen LogP contribution < -0.4 is 5.32 Å². The lowest BCUT2D eigenvalue weighted by atomic mass is 10.1. The first-order chi connectivity index (χ1) is 10.1. The summed E-state index contributed by atoms with van der Waals surface area (Å²) in [7, 11) is 0. The van der Waals surface area contributed by atoms with E-state index in [4.69, 9.17) is 16.0 Å². The molecule has 0 bridgehead atoms. The number of para-hydroxylation sites is 1. The number of hydrogen-bond acceptors (Lipinski definition) is 4. The third-order valence-electron chi connectivity index (χ3n) is 3.57. The number of hydrogen-bond donors (Lipinski definition) is 1. The first-order valence-electron chi connectivity index (χ1n) is 6.89. The summed E-state index contributed by atoms with van der Waals surface area (Å²) in [6.07, 6.45) is 0. The highest BCUT2D eigenvalue weighted by molar-refractivity contribution is 7.11.